The van der Waals surface area contributed by atoms with Gasteiger partial charge in [-0.3, -0.25) is 9.89 Å². The van der Waals surface area contributed by atoms with Crippen LogP contribution in [0.3, 0.4) is 0 Å². The van der Waals surface area contributed by atoms with E-state index in [-0.39, 0.29) is 0 Å². The van der Waals surface area contributed by atoms with Crippen LogP contribution in [0.4, 0.5) is 0 Å². The van der Waals surface area contributed by atoms with Gasteiger partial charge in [-0.15, -0.1) is 0 Å². The van der Waals surface area contributed by atoms with Crippen LogP contribution < -0.4 is 0 Å². The van der Waals surface area contributed by atoms with Crippen LogP contribution in [-0.4, -0.2) is 21.3 Å². The van der Waals surface area contributed by atoms with Crippen molar-refractivity contribution in [3.63, 3.8) is 0 Å². The molecule has 16 heavy (non-hydrogen) atoms. The first-order valence-corrected chi connectivity index (χ1v) is 5.14. The summed E-state index contributed by atoms with van der Waals surface area (Å²) in [6.45, 7) is 3.46. The Kier molecular flexibility index (Phi) is 2.42. The molecule has 0 bridgehead atoms. The molecule has 84 valence electrons. The number of carboxylic acid groups (broad SMARTS) is 1. The molecule has 2 rings (SSSR count). The molecule has 0 amide bonds. The quantitative estimate of drug-likeness (QED) is 0.830. The van der Waals surface area contributed by atoms with Crippen molar-refractivity contribution >= 4 is 16.9 Å². The van der Waals surface area contributed by atoms with E-state index >= 15 is 0 Å². The Morgan fingerprint density at radius 3 is 2.94 bits per heavy atom. The van der Waals surface area contributed by atoms with Crippen molar-refractivity contribution in [2.45, 2.75) is 20.3 Å². The second kappa shape index (κ2) is 3.63. The monoisotopic (exact) mass is 218 g/mol. The predicted molar refractivity (Wildman–Crippen MR) is 61.2 cm³/mol. The van der Waals surface area contributed by atoms with Crippen LogP contribution in [0.1, 0.15) is 19.4 Å². The molecule has 0 unspecified atom stereocenters. The van der Waals surface area contributed by atoms with E-state index in [9.17, 15) is 4.79 Å². The van der Waals surface area contributed by atoms with Gasteiger partial charge in [0.15, 0.2) is 0 Å². The summed E-state index contributed by atoms with van der Waals surface area (Å²) in [5.41, 5.74) is 1.25. The molecular formula is C12H14N2O2. The van der Waals surface area contributed by atoms with Crippen LogP contribution in [0.25, 0.3) is 10.9 Å². The van der Waals surface area contributed by atoms with E-state index in [2.05, 4.69) is 10.2 Å². The molecule has 1 aromatic carbocycles. The number of H-pyrrole nitrogens is 1. The maximum atomic E-state index is 11.0. The summed E-state index contributed by atoms with van der Waals surface area (Å²) in [4.78, 5) is 11.0. The van der Waals surface area contributed by atoms with Gasteiger partial charge in [0.25, 0.3) is 0 Å². The van der Waals surface area contributed by atoms with E-state index in [4.69, 9.17) is 5.11 Å². The lowest BCUT2D eigenvalue weighted by Crippen LogP contribution is -2.26. The van der Waals surface area contributed by atoms with Gasteiger partial charge in [0.1, 0.15) is 0 Å². The predicted octanol–water partition coefficient (Wildman–Crippen LogP) is 2.22. The van der Waals surface area contributed by atoms with Crippen molar-refractivity contribution < 1.29 is 9.90 Å². The fourth-order valence-corrected chi connectivity index (χ4v) is 1.69. The highest BCUT2D eigenvalue weighted by atomic mass is 16.4. The second-order valence-corrected chi connectivity index (χ2v) is 4.66. The number of fused-ring (bicyclic) bond motifs is 1. The summed E-state index contributed by atoms with van der Waals surface area (Å²) in [5, 5.41) is 16.9. The van der Waals surface area contributed by atoms with Crippen molar-refractivity contribution in [3.05, 3.63) is 30.0 Å². The van der Waals surface area contributed by atoms with Crippen molar-refractivity contribution in [1.82, 2.24) is 10.2 Å². The average molecular weight is 218 g/mol. The molecule has 0 aliphatic rings. The molecule has 0 saturated heterocycles. The zero-order valence-electron chi connectivity index (χ0n) is 9.32. The van der Waals surface area contributed by atoms with Crippen molar-refractivity contribution in [3.8, 4) is 0 Å². The third-order valence-corrected chi connectivity index (χ3v) is 2.73. The fraction of sp³-hybridized carbons (Fsp3) is 0.333. The van der Waals surface area contributed by atoms with Gasteiger partial charge in [0.2, 0.25) is 0 Å². The van der Waals surface area contributed by atoms with E-state index in [0.717, 1.165) is 16.5 Å². The van der Waals surface area contributed by atoms with Crippen LogP contribution in [0.15, 0.2) is 24.4 Å². The second-order valence-electron chi connectivity index (χ2n) is 4.66. The maximum absolute atomic E-state index is 11.0. The number of carbonyl (C=O) groups is 1. The van der Waals surface area contributed by atoms with Gasteiger partial charge in [-0.05, 0) is 38.0 Å². The average Bonchev–Trinajstić information content (AvgIpc) is 2.63. The summed E-state index contributed by atoms with van der Waals surface area (Å²) in [7, 11) is 0. The number of aromatic amines is 1. The summed E-state index contributed by atoms with van der Waals surface area (Å²) in [5.74, 6) is -0.778. The minimum Gasteiger partial charge on any atom is -0.481 e. The van der Waals surface area contributed by atoms with Gasteiger partial charge in [0.05, 0.1) is 17.1 Å². The Bertz CT molecular complexity index is 529. The topological polar surface area (TPSA) is 66.0 Å². The van der Waals surface area contributed by atoms with Crippen LogP contribution >= 0.6 is 0 Å². The molecule has 2 N–H and O–H groups in total. The van der Waals surface area contributed by atoms with E-state index in [0.29, 0.717) is 6.42 Å². The number of benzene rings is 1. The zero-order chi connectivity index (χ0) is 11.8. The van der Waals surface area contributed by atoms with Gasteiger partial charge in [-0.1, -0.05) is 6.07 Å². The lowest BCUT2D eigenvalue weighted by Gasteiger charge is -2.18. The first-order valence-electron chi connectivity index (χ1n) is 5.14. The minimum absolute atomic E-state index is 0.517. The molecule has 0 aliphatic heterocycles. The van der Waals surface area contributed by atoms with Gasteiger partial charge in [-0.25, -0.2) is 0 Å². The Balaban J connectivity index is 2.30. The Morgan fingerprint density at radius 2 is 2.25 bits per heavy atom. The van der Waals surface area contributed by atoms with E-state index in [1.165, 1.54) is 0 Å². The summed E-state index contributed by atoms with van der Waals surface area (Å²) in [6.07, 6.45) is 2.26. The van der Waals surface area contributed by atoms with Crippen LogP contribution in [0.2, 0.25) is 0 Å². The third-order valence-electron chi connectivity index (χ3n) is 2.73. The first kappa shape index (κ1) is 10.7. The molecule has 4 nitrogen and oxygen atoms in total. The standard InChI is InChI=1S/C12H14N2O2/c1-12(2,11(15)16)6-8-3-4-10-9(5-8)7-13-14-10/h3-5,7H,6H2,1-2H3,(H,13,14)(H,15,16). The molecule has 1 heterocycles. The fourth-order valence-electron chi connectivity index (χ4n) is 1.69. The number of nitrogens with one attached hydrogen (secondary N) is 1. The number of aliphatic carboxylic acids is 1. The number of hydrogen-bond acceptors (Lipinski definition) is 2. The lowest BCUT2D eigenvalue weighted by molar-refractivity contribution is -0.146. The molecule has 0 aliphatic carbocycles. The van der Waals surface area contributed by atoms with Crippen molar-refractivity contribution in [2.24, 2.45) is 5.41 Å². The van der Waals surface area contributed by atoms with Gasteiger partial charge < -0.3 is 5.11 Å². The Labute approximate surface area is 93.3 Å². The van der Waals surface area contributed by atoms with Crippen molar-refractivity contribution in [2.75, 3.05) is 0 Å². The largest absolute Gasteiger partial charge is 0.481 e. The molecule has 0 radical (unpaired) electrons. The molecule has 1 aromatic heterocycles. The highest BCUT2D eigenvalue weighted by Crippen LogP contribution is 2.23. The van der Waals surface area contributed by atoms with Gasteiger partial charge >= 0.3 is 5.97 Å². The normalized spacial score (nSPS) is 11.9. The molecule has 0 saturated carbocycles. The summed E-state index contributed by atoms with van der Waals surface area (Å²) >= 11 is 0. The SMILES string of the molecule is CC(C)(Cc1ccc2[nH]ncc2c1)C(=O)O. The minimum atomic E-state index is -0.778. The molecular weight excluding hydrogens is 204 g/mol. The van der Waals surface area contributed by atoms with Crippen LogP contribution in [-0.2, 0) is 11.2 Å². The summed E-state index contributed by atoms with van der Waals surface area (Å²) < 4.78 is 0. The Morgan fingerprint density at radius 1 is 1.50 bits per heavy atom. The Hall–Kier alpha value is -1.84. The number of hydrogen-bond donors (Lipinski definition) is 2. The van der Waals surface area contributed by atoms with Gasteiger partial charge in [-0.2, -0.15) is 5.10 Å². The molecule has 0 spiro atoms. The number of nitrogens with zero attached hydrogens (tertiary/aromatic N) is 1. The first-order chi connectivity index (χ1) is 7.49. The van der Waals surface area contributed by atoms with Crippen LogP contribution in [0.5, 0.6) is 0 Å². The smallest absolute Gasteiger partial charge is 0.309 e. The molecule has 2 aromatic rings. The number of aromatic nitrogens is 2. The van der Waals surface area contributed by atoms with E-state index < -0.39 is 11.4 Å². The van der Waals surface area contributed by atoms with Crippen molar-refractivity contribution in [1.29, 1.82) is 0 Å². The molecule has 0 fully saturated rings. The van der Waals surface area contributed by atoms with E-state index in [1.807, 2.05) is 18.2 Å². The van der Waals surface area contributed by atoms with Gasteiger partial charge in [0, 0.05) is 5.39 Å². The maximum Gasteiger partial charge on any atom is 0.309 e. The summed E-state index contributed by atoms with van der Waals surface area (Å²) in [6, 6.07) is 5.84. The number of carboxylic acids is 1. The molecule has 0 atom stereocenters. The highest BCUT2D eigenvalue weighted by Gasteiger charge is 2.27. The molecule has 4 heteroatoms. The number of rotatable bonds is 3. The van der Waals surface area contributed by atoms with Crippen LogP contribution in [0, 0.1) is 5.41 Å². The van der Waals surface area contributed by atoms with E-state index in [1.54, 1.807) is 20.0 Å². The highest BCUT2D eigenvalue weighted by molar-refractivity contribution is 5.79. The third kappa shape index (κ3) is 1.91. The lowest BCUT2D eigenvalue weighted by atomic mass is 9.86. The zero-order valence-corrected chi connectivity index (χ0v) is 9.32.